The summed E-state index contributed by atoms with van der Waals surface area (Å²) >= 11 is 0. The Bertz CT molecular complexity index is 327. The molecule has 1 aliphatic carbocycles. The molecule has 1 saturated heterocycles. The lowest BCUT2D eigenvalue weighted by Crippen LogP contribution is -2.41. The van der Waals surface area contributed by atoms with Crippen LogP contribution in [0.5, 0.6) is 0 Å². The number of carboxylic acid groups (broad SMARTS) is 1. The van der Waals surface area contributed by atoms with E-state index in [-0.39, 0.29) is 30.7 Å². The van der Waals surface area contributed by atoms with E-state index >= 15 is 0 Å². The number of rotatable bonds is 6. The zero-order valence-corrected chi connectivity index (χ0v) is 10.7. The Hall–Kier alpha value is -1.10. The summed E-state index contributed by atoms with van der Waals surface area (Å²) in [5.74, 6) is 0.155. The topological polar surface area (TPSA) is 75.6 Å². The molecule has 0 aromatic carbocycles. The summed E-state index contributed by atoms with van der Waals surface area (Å²) < 4.78 is 5.43. The van der Waals surface area contributed by atoms with Crippen molar-refractivity contribution in [2.24, 2.45) is 17.8 Å². The number of aliphatic carboxylic acids is 1. The molecule has 2 N–H and O–H groups in total. The van der Waals surface area contributed by atoms with E-state index in [2.05, 4.69) is 5.32 Å². The Labute approximate surface area is 107 Å². The van der Waals surface area contributed by atoms with Gasteiger partial charge in [0.15, 0.2) is 0 Å². The van der Waals surface area contributed by atoms with Crippen molar-refractivity contribution >= 4 is 11.9 Å². The highest BCUT2D eigenvalue weighted by atomic mass is 16.5. The van der Waals surface area contributed by atoms with E-state index in [0.717, 1.165) is 6.61 Å². The summed E-state index contributed by atoms with van der Waals surface area (Å²) in [6.45, 7) is 3.14. The van der Waals surface area contributed by atoms with Gasteiger partial charge in [-0.2, -0.15) is 0 Å². The van der Waals surface area contributed by atoms with E-state index in [4.69, 9.17) is 9.84 Å². The first-order valence-electron chi connectivity index (χ1n) is 6.65. The third-order valence-electron chi connectivity index (χ3n) is 3.76. The molecule has 3 atom stereocenters. The maximum absolute atomic E-state index is 11.8. The van der Waals surface area contributed by atoms with Crippen molar-refractivity contribution < 1.29 is 19.4 Å². The third-order valence-corrected chi connectivity index (χ3v) is 3.76. The Morgan fingerprint density at radius 2 is 2.06 bits per heavy atom. The standard InChI is InChI=1S/C13H21NO4/c1-8(5-13(16)17)4-12(15)14-11-7-18-6-10(11)9-2-3-9/h8-11H,2-7H2,1H3,(H,14,15)(H,16,17). The van der Waals surface area contributed by atoms with Crippen LogP contribution < -0.4 is 5.32 Å². The summed E-state index contributed by atoms with van der Waals surface area (Å²) in [6, 6.07) is 0.127. The van der Waals surface area contributed by atoms with Gasteiger partial charge in [-0.3, -0.25) is 9.59 Å². The predicted octanol–water partition coefficient (Wildman–Crippen LogP) is 1.03. The number of hydrogen-bond donors (Lipinski definition) is 2. The highest BCUT2D eigenvalue weighted by molar-refractivity contribution is 5.77. The molecular formula is C13H21NO4. The number of nitrogens with one attached hydrogen (secondary N) is 1. The summed E-state index contributed by atoms with van der Waals surface area (Å²) in [7, 11) is 0. The van der Waals surface area contributed by atoms with Gasteiger partial charge in [0.2, 0.25) is 5.91 Å². The zero-order valence-electron chi connectivity index (χ0n) is 10.7. The fourth-order valence-corrected chi connectivity index (χ4v) is 2.66. The van der Waals surface area contributed by atoms with Crippen LogP contribution in [0.3, 0.4) is 0 Å². The van der Waals surface area contributed by atoms with Gasteiger partial charge in [-0.25, -0.2) is 0 Å². The normalized spacial score (nSPS) is 28.9. The van der Waals surface area contributed by atoms with E-state index in [1.165, 1.54) is 12.8 Å². The molecule has 1 aliphatic heterocycles. The van der Waals surface area contributed by atoms with Crippen molar-refractivity contribution in [3.8, 4) is 0 Å². The molecular weight excluding hydrogens is 234 g/mol. The average molecular weight is 255 g/mol. The second kappa shape index (κ2) is 5.69. The fourth-order valence-electron chi connectivity index (χ4n) is 2.66. The molecule has 2 aliphatic rings. The number of carboxylic acids is 1. The SMILES string of the molecule is CC(CC(=O)O)CC(=O)NC1COCC1C1CC1. The summed E-state index contributed by atoms with van der Waals surface area (Å²) in [5, 5.41) is 11.6. The van der Waals surface area contributed by atoms with Crippen LogP contribution in [-0.2, 0) is 14.3 Å². The number of hydrogen-bond acceptors (Lipinski definition) is 3. The number of carbonyl (C=O) groups is 2. The summed E-state index contributed by atoms with van der Waals surface area (Å²) in [6.07, 6.45) is 2.81. The van der Waals surface area contributed by atoms with Gasteiger partial charge < -0.3 is 15.2 Å². The van der Waals surface area contributed by atoms with Crippen LogP contribution in [0.15, 0.2) is 0 Å². The highest BCUT2D eigenvalue weighted by Crippen LogP contribution is 2.40. The van der Waals surface area contributed by atoms with Gasteiger partial charge in [-0.05, 0) is 24.7 Å². The van der Waals surface area contributed by atoms with E-state index in [0.29, 0.717) is 18.4 Å². The summed E-state index contributed by atoms with van der Waals surface area (Å²) in [4.78, 5) is 22.4. The fraction of sp³-hybridized carbons (Fsp3) is 0.846. The number of ether oxygens (including phenoxy) is 1. The van der Waals surface area contributed by atoms with Gasteiger partial charge in [0, 0.05) is 18.8 Å². The molecule has 0 radical (unpaired) electrons. The van der Waals surface area contributed by atoms with Crippen molar-refractivity contribution in [2.45, 2.75) is 38.6 Å². The second-order valence-electron chi connectivity index (χ2n) is 5.62. The minimum atomic E-state index is -0.852. The van der Waals surface area contributed by atoms with Gasteiger partial charge in [-0.1, -0.05) is 6.92 Å². The van der Waals surface area contributed by atoms with E-state index in [1.807, 2.05) is 0 Å². The van der Waals surface area contributed by atoms with Crippen molar-refractivity contribution in [1.29, 1.82) is 0 Å². The first-order chi connectivity index (χ1) is 8.56. The van der Waals surface area contributed by atoms with E-state index in [9.17, 15) is 9.59 Å². The maximum atomic E-state index is 11.8. The Morgan fingerprint density at radius 1 is 1.33 bits per heavy atom. The maximum Gasteiger partial charge on any atom is 0.303 e. The molecule has 102 valence electrons. The summed E-state index contributed by atoms with van der Waals surface area (Å²) in [5.41, 5.74) is 0. The molecule has 18 heavy (non-hydrogen) atoms. The average Bonchev–Trinajstić information content (AvgIpc) is 2.99. The lowest BCUT2D eigenvalue weighted by molar-refractivity contribution is -0.138. The Kier molecular flexibility index (Phi) is 4.22. The van der Waals surface area contributed by atoms with Crippen LogP contribution in [0.1, 0.15) is 32.6 Å². The van der Waals surface area contributed by atoms with Gasteiger partial charge >= 0.3 is 5.97 Å². The monoisotopic (exact) mass is 255 g/mol. The third kappa shape index (κ3) is 3.70. The van der Waals surface area contributed by atoms with E-state index in [1.54, 1.807) is 6.92 Å². The van der Waals surface area contributed by atoms with Crippen molar-refractivity contribution in [3.05, 3.63) is 0 Å². The molecule has 0 aromatic heterocycles. The van der Waals surface area contributed by atoms with Crippen molar-refractivity contribution in [2.75, 3.05) is 13.2 Å². The molecule has 0 spiro atoms. The van der Waals surface area contributed by atoms with Crippen LogP contribution in [0.2, 0.25) is 0 Å². The largest absolute Gasteiger partial charge is 0.481 e. The number of amides is 1. The Balaban J connectivity index is 1.74. The van der Waals surface area contributed by atoms with Crippen LogP contribution in [0.25, 0.3) is 0 Å². The lowest BCUT2D eigenvalue weighted by atomic mass is 9.97. The molecule has 2 rings (SSSR count). The minimum Gasteiger partial charge on any atom is -0.481 e. The molecule has 1 saturated carbocycles. The van der Waals surface area contributed by atoms with Crippen LogP contribution in [0.4, 0.5) is 0 Å². The molecule has 2 fully saturated rings. The first-order valence-corrected chi connectivity index (χ1v) is 6.65. The van der Waals surface area contributed by atoms with Crippen LogP contribution in [-0.4, -0.2) is 36.2 Å². The molecule has 3 unspecified atom stereocenters. The zero-order chi connectivity index (χ0) is 13.1. The van der Waals surface area contributed by atoms with Crippen molar-refractivity contribution in [3.63, 3.8) is 0 Å². The van der Waals surface area contributed by atoms with Gasteiger partial charge in [0.1, 0.15) is 0 Å². The smallest absolute Gasteiger partial charge is 0.303 e. The van der Waals surface area contributed by atoms with Gasteiger partial charge in [0.25, 0.3) is 0 Å². The molecule has 1 heterocycles. The molecule has 0 aromatic rings. The molecule has 5 heteroatoms. The van der Waals surface area contributed by atoms with Crippen LogP contribution >= 0.6 is 0 Å². The first kappa shape index (κ1) is 13.3. The Morgan fingerprint density at radius 3 is 2.67 bits per heavy atom. The quantitative estimate of drug-likeness (QED) is 0.743. The minimum absolute atomic E-state index is 0.0423. The van der Waals surface area contributed by atoms with Gasteiger partial charge in [-0.15, -0.1) is 0 Å². The van der Waals surface area contributed by atoms with Crippen molar-refractivity contribution in [1.82, 2.24) is 5.32 Å². The van der Waals surface area contributed by atoms with E-state index < -0.39 is 5.97 Å². The second-order valence-corrected chi connectivity index (χ2v) is 5.62. The predicted molar refractivity (Wildman–Crippen MR) is 65.0 cm³/mol. The molecule has 1 amide bonds. The lowest BCUT2D eigenvalue weighted by Gasteiger charge is -2.19. The van der Waals surface area contributed by atoms with Gasteiger partial charge in [0.05, 0.1) is 19.3 Å². The molecule has 0 bridgehead atoms. The molecule has 5 nitrogen and oxygen atoms in total. The highest BCUT2D eigenvalue weighted by Gasteiger charge is 2.40. The number of carbonyl (C=O) groups excluding carboxylic acids is 1. The van der Waals surface area contributed by atoms with Crippen LogP contribution in [0, 0.1) is 17.8 Å².